The van der Waals surface area contributed by atoms with Gasteiger partial charge in [-0.05, 0) is 201 Å². The largest absolute Gasteiger partial charge is 0.377 e. The van der Waals surface area contributed by atoms with Crippen LogP contribution in [0.5, 0.6) is 0 Å². The first-order chi connectivity index (χ1) is 25.5. The van der Waals surface area contributed by atoms with E-state index in [1.807, 2.05) is 11.9 Å². The molecule has 4 atom stereocenters. The highest BCUT2D eigenvalue weighted by atomic mass is 15.1. The van der Waals surface area contributed by atoms with E-state index in [2.05, 4.69) is 163 Å². The fourth-order valence-electron chi connectivity index (χ4n) is 7.35. The second kappa shape index (κ2) is 29.6. The van der Waals surface area contributed by atoms with E-state index in [-0.39, 0.29) is 0 Å². The Balaban J connectivity index is 0.000000315. The highest BCUT2D eigenvalue weighted by molar-refractivity contribution is 5.19. The minimum atomic E-state index is 0.617. The summed E-state index contributed by atoms with van der Waals surface area (Å²) >= 11 is 0. The molecule has 7 nitrogen and oxygen atoms in total. The van der Waals surface area contributed by atoms with Gasteiger partial charge in [-0.25, -0.2) is 0 Å². The molecule has 0 aliphatic carbocycles. The first-order valence-corrected chi connectivity index (χ1v) is 22.1. The van der Waals surface area contributed by atoms with Gasteiger partial charge in [-0.2, -0.15) is 0 Å². The predicted octanol–water partition coefficient (Wildman–Crippen LogP) is 9.23. The summed E-state index contributed by atoms with van der Waals surface area (Å²) in [5, 5.41) is 0. The third kappa shape index (κ3) is 26.3. The van der Waals surface area contributed by atoms with Gasteiger partial charge in [-0.1, -0.05) is 57.9 Å². The second-order valence-electron chi connectivity index (χ2n) is 18.4. The fourth-order valence-corrected chi connectivity index (χ4v) is 7.35. The molecular formula is C47H93N7. The summed E-state index contributed by atoms with van der Waals surface area (Å²) in [5.74, 6) is 3.48. The van der Waals surface area contributed by atoms with Gasteiger partial charge < -0.3 is 34.3 Å². The molecule has 0 saturated carbocycles. The van der Waals surface area contributed by atoms with Crippen LogP contribution in [0.25, 0.3) is 0 Å². The molecule has 5 saturated heterocycles. The van der Waals surface area contributed by atoms with Gasteiger partial charge in [0.1, 0.15) is 0 Å². The summed E-state index contributed by atoms with van der Waals surface area (Å²) in [6.07, 6.45) is 29.0. The Morgan fingerprint density at radius 3 is 1.28 bits per heavy atom. The molecule has 7 heterocycles. The van der Waals surface area contributed by atoms with Crippen molar-refractivity contribution in [1.29, 1.82) is 0 Å². The van der Waals surface area contributed by atoms with Crippen molar-refractivity contribution in [2.45, 2.75) is 125 Å². The molecule has 0 bridgehead atoms. The lowest BCUT2D eigenvalue weighted by Crippen LogP contribution is -2.33. The van der Waals surface area contributed by atoms with Crippen molar-refractivity contribution in [1.82, 2.24) is 34.3 Å². The second-order valence-corrected chi connectivity index (χ2v) is 18.4. The molecular weight excluding hydrogens is 663 g/mol. The lowest BCUT2D eigenvalue weighted by atomic mass is 10.00. The number of piperidine rings is 3. The fraction of sp³-hybridized carbons (Fsp3) is 0.830. The van der Waals surface area contributed by atoms with Gasteiger partial charge in [0.15, 0.2) is 0 Å². The summed E-state index contributed by atoms with van der Waals surface area (Å²) in [4.78, 5) is 16.2. The summed E-state index contributed by atoms with van der Waals surface area (Å²) in [5.41, 5.74) is 1.36. The molecule has 7 aliphatic rings. The third-order valence-electron chi connectivity index (χ3n) is 12.1. The highest BCUT2D eigenvalue weighted by Gasteiger charge is 2.15. The van der Waals surface area contributed by atoms with E-state index in [1.165, 1.54) is 122 Å². The summed E-state index contributed by atoms with van der Waals surface area (Å²) < 4.78 is 0. The van der Waals surface area contributed by atoms with Crippen LogP contribution in [0.4, 0.5) is 0 Å². The summed E-state index contributed by atoms with van der Waals surface area (Å²) in [6.45, 7) is 27.4. The normalized spacial score (nSPS) is 28.3. The van der Waals surface area contributed by atoms with Gasteiger partial charge in [0.05, 0.1) is 0 Å². The standard InChI is InChI=1S/C7H15N.2C7H11N.2C7H15N.2C6H13N/c3*1-7-3-5-8(2)6-4-7;1-7-4-3-5-8(2)6-7;1-7-5-3-4-6-8(7)2;1-6-3-4-7(2)5-6;1-6-4-3-5-7(6)2/h7H,3-6H2,1-2H3;3-5H,6H2,1-2H3;3-7H,1-2H3;2*7H,3-6H2,1-2H3;2*6H,3-5H2,1-2H3. The highest BCUT2D eigenvalue weighted by Crippen LogP contribution is 2.16. The Labute approximate surface area is 338 Å². The Hall–Kier alpha value is -1.64. The average Bonchev–Trinajstić information content (AvgIpc) is 3.72. The van der Waals surface area contributed by atoms with E-state index in [4.69, 9.17) is 0 Å². The zero-order valence-electron chi connectivity index (χ0n) is 38.6. The predicted molar refractivity (Wildman–Crippen MR) is 241 cm³/mol. The smallest absolute Gasteiger partial charge is 0.0356 e. The Morgan fingerprint density at radius 2 is 0.963 bits per heavy atom. The number of nitrogens with zero attached hydrogens (tertiary/aromatic N) is 7. The van der Waals surface area contributed by atoms with Crippen LogP contribution in [0, 0.1) is 23.7 Å². The van der Waals surface area contributed by atoms with Crippen LogP contribution in [0.15, 0.2) is 48.5 Å². The molecule has 0 spiro atoms. The third-order valence-corrected chi connectivity index (χ3v) is 12.1. The molecule has 0 aromatic rings. The maximum atomic E-state index is 2.43. The van der Waals surface area contributed by atoms with Crippen molar-refractivity contribution in [3.05, 3.63) is 48.5 Å². The van der Waals surface area contributed by atoms with E-state index in [1.54, 1.807) is 0 Å². The number of likely N-dealkylation sites (tertiary alicyclic amines) is 5. The maximum absolute atomic E-state index is 2.43. The van der Waals surface area contributed by atoms with Gasteiger partial charge in [-0.15, -0.1) is 0 Å². The molecule has 0 N–H and O–H groups in total. The molecule has 0 aromatic heterocycles. The molecule has 7 heteroatoms. The van der Waals surface area contributed by atoms with E-state index in [0.717, 1.165) is 36.4 Å². The Kier molecular flexibility index (Phi) is 27.6. The van der Waals surface area contributed by atoms with Crippen molar-refractivity contribution in [3.8, 4) is 0 Å². The molecule has 54 heavy (non-hydrogen) atoms. The van der Waals surface area contributed by atoms with Crippen molar-refractivity contribution < 1.29 is 0 Å². The molecule has 0 radical (unpaired) electrons. The number of hydrogen-bond donors (Lipinski definition) is 0. The number of allylic oxidation sites excluding steroid dienone is 4. The topological polar surface area (TPSA) is 22.7 Å². The number of hydrogen-bond acceptors (Lipinski definition) is 7. The summed E-state index contributed by atoms with van der Waals surface area (Å²) in [6, 6.07) is 1.68. The van der Waals surface area contributed by atoms with Crippen molar-refractivity contribution >= 4 is 0 Å². The molecule has 7 aliphatic heterocycles. The molecule has 0 aromatic carbocycles. The van der Waals surface area contributed by atoms with E-state index >= 15 is 0 Å². The minimum absolute atomic E-state index is 0.617. The van der Waals surface area contributed by atoms with E-state index in [0.29, 0.717) is 5.92 Å². The van der Waals surface area contributed by atoms with Gasteiger partial charge in [0.25, 0.3) is 0 Å². The molecule has 0 amide bonds. The molecule has 5 fully saturated rings. The van der Waals surface area contributed by atoms with Crippen LogP contribution in [0.2, 0.25) is 0 Å². The van der Waals surface area contributed by atoms with Crippen LogP contribution in [0.3, 0.4) is 0 Å². The quantitative estimate of drug-likeness (QED) is 0.243. The number of likely N-dealkylation sites (N-methyl/N-ethyl adjacent to an activating group) is 1. The lowest BCUT2D eigenvalue weighted by molar-refractivity contribution is 0.200. The zero-order chi connectivity index (χ0) is 40.5. The molecule has 4 unspecified atom stereocenters. The Bertz CT molecular complexity index is 959. The average molecular weight is 756 g/mol. The Morgan fingerprint density at radius 1 is 0.481 bits per heavy atom. The first kappa shape index (κ1) is 50.4. The SMILES string of the molecule is CC1=CCN(C)C=C1.CC1C=CN(C)C=C1.CC1CCCCN1C.CC1CCCN(C)C1.CC1CCCN1C.CC1CCN(C)C1.CC1CCN(C)CC1. The van der Waals surface area contributed by atoms with Crippen LogP contribution in [0.1, 0.15) is 113 Å². The molecule has 316 valence electrons. The van der Waals surface area contributed by atoms with Crippen LogP contribution >= 0.6 is 0 Å². The summed E-state index contributed by atoms with van der Waals surface area (Å²) in [7, 11) is 15.1. The van der Waals surface area contributed by atoms with Gasteiger partial charge in [0, 0.05) is 45.8 Å². The van der Waals surface area contributed by atoms with Crippen LogP contribution in [-0.4, -0.2) is 155 Å². The number of rotatable bonds is 0. The minimum Gasteiger partial charge on any atom is -0.377 e. The van der Waals surface area contributed by atoms with Gasteiger partial charge >= 0.3 is 0 Å². The van der Waals surface area contributed by atoms with Crippen LogP contribution < -0.4 is 0 Å². The van der Waals surface area contributed by atoms with E-state index in [9.17, 15) is 0 Å². The lowest BCUT2D eigenvalue weighted by Gasteiger charge is -2.29. The first-order valence-electron chi connectivity index (χ1n) is 22.1. The van der Waals surface area contributed by atoms with E-state index < -0.39 is 0 Å². The monoisotopic (exact) mass is 756 g/mol. The maximum Gasteiger partial charge on any atom is 0.0356 e. The van der Waals surface area contributed by atoms with Crippen LogP contribution in [-0.2, 0) is 0 Å². The van der Waals surface area contributed by atoms with Crippen molar-refractivity contribution in [3.63, 3.8) is 0 Å². The van der Waals surface area contributed by atoms with Gasteiger partial charge in [-0.3, -0.25) is 0 Å². The van der Waals surface area contributed by atoms with Gasteiger partial charge in [0.2, 0.25) is 0 Å². The van der Waals surface area contributed by atoms with Crippen molar-refractivity contribution in [2.24, 2.45) is 23.7 Å². The zero-order valence-corrected chi connectivity index (χ0v) is 38.6. The van der Waals surface area contributed by atoms with Crippen molar-refractivity contribution in [2.75, 3.05) is 108 Å². The molecule has 7 rings (SSSR count).